The number of hydrogen-bond donors (Lipinski definition) is 1. The van der Waals surface area contributed by atoms with Gasteiger partial charge in [-0.05, 0) is 37.0 Å². The van der Waals surface area contributed by atoms with Crippen LogP contribution < -0.4 is 0 Å². The minimum atomic E-state index is -0.496. The van der Waals surface area contributed by atoms with Crippen molar-refractivity contribution in [2.75, 3.05) is 7.11 Å². The SMILES string of the molecule is COC(=O)c1cc([C@H]2C=CCCC2)ccc1O. The van der Waals surface area contributed by atoms with Crippen molar-refractivity contribution in [2.24, 2.45) is 0 Å². The molecule has 0 spiro atoms. The standard InChI is InChI=1S/C14H16O3/c1-17-14(16)12-9-11(7-8-13(12)15)10-5-3-2-4-6-10/h3,5,7-10,15H,2,4,6H2,1H3/t10-/m0/s1. The number of hydrogen-bond acceptors (Lipinski definition) is 3. The second kappa shape index (κ2) is 5.04. The summed E-state index contributed by atoms with van der Waals surface area (Å²) in [5, 5.41) is 9.62. The maximum Gasteiger partial charge on any atom is 0.341 e. The summed E-state index contributed by atoms with van der Waals surface area (Å²) in [6.45, 7) is 0. The van der Waals surface area contributed by atoms with Gasteiger partial charge in [0.2, 0.25) is 0 Å². The van der Waals surface area contributed by atoms with Gasteiger partial charge in [-0.1, -0.05) is 18.2 Å². The van der Waals surface area contributed by atoms with Crippen molar-refractivity contribution in [1.82, 2.24) is 0 Å². The van der Waals surface area contributed by atoms with Crippen LogP contribution in [0.2, 0.25) is 0 Å². The largest absolute Gasteiger partial charge is 0.507 e. The Kier molecular flexibility index (Phi) is 3.47. The number of esters is 1. The molecule has 0 aliphatic heterocycles. The van der Waals surface area contributed by atoms with Gasteiger partial charge in [-0.25, -0.2) is 4.79 Å². The van der Waals surface area contributed by atoms with E-state index in [1.165, 1.54) is 7.11 Å². The predicted molar refractivity (Wildman–Crippen MR) is 65.2 cm³/mol. The van der Waals surface area contributed by atoms with E-state index in [1.54, 1.807) is 12.1 Å². The summed E-state index contributed by atoms with van der Waals surface area (Å²) >= 11 is 0. The maximum absolute atomic E-state index is 11.5. The number of phenolic OH excluding ortho intramolecular Hbond substituents is 1. The molecule has 0 radical (unpaired) electrons. The van der Waals surface area contributed by atoms with E-state index in [9.17, 15) is 9.90 Å². The first-order chi connectivity index (χ1) is 8.22. The van der Waals surface area contributed by atoms with Gasteiger partial charge < -0.3 is 9.84 Å². The first kappa shape index (κ1) is 11.7. The van der Waals surface area contributed by atoms with Crippen LogP contribution >= 0.6 is 0 Å². The molecule has 0 saturated carbocycles. The third kappa shape index (κ3) is 2.49. The van der Waals surface area contributed by atoms with Crippen molar-refractivity contribution in [3.8, 4) is 5.75 Å². The molecule has 0 unspecified atom stereocenters. The second-order valence-corrected chi connectivity index (χ2v) is 4.23. The average Bonchev–Trinajstić information content (AvgIpc) is 2.39. The number of aromatic hydroxyl groups is 1. The number of carbonyl (C=O) groups is 1. The van der Waals surface area contributed by atoms with E-state index in [0.717, 1.165) is 24.8 Å². The highest BCUT2D eigenvalue weighted by molar-refractivity contribution is 5.92. The lowest BCUT2D eigenvalue weighted by Crippen LogP contribution is -2.05. The molecule has 3 heteroatoms. The third-order valence-corrected chi connectivity index (χ3v) is 3.11. The van der Waals surface area contributed by atoms with Gasteiger partial charge in [-0.3, -0.25) is 0 Å². The molecule has 90 valence electrons. The zero-order chi connectivity index (χ0) is 12.3. The number of allylic oxidation sites excluding steroid dienone is 2. The number of ether oxygens (including phenoxy) is 1. The molecule has 0 heterocycles. The lowest BCUT2D eigenvalue weighted by atomic mass is 9.88. The number of carbonyl (C=O) groups excluding carboxylic acids is 1. The fourth-order valence-electron chi connectivity index (χ4n) is 2.15. The summed E-state index contributed by atoms with van der Waals surface area (Å²) in [6.07, 6.45) is 7.70. The van der Waals surface area contributed by atoms with E-state index >= 15 is 0 Å². The van der Waals surface area contributed by atoms with Gasteiger partial charge in [-0.2, -0.15) is 0 Å². The molecule has 1 aromatic carbocycles. The van der Waals surface area contributed by atoms with E-state index in [4.69, 9.17) is 0 Å². The minimum Gasteiger partial charge on any atom is -0.507 e. The molecular weight excluding hydrogens is 216 g/mol. The molecule has 1 atom stereocenters. The van der Waals surface area contributed by atoms with Gasteiger partial charge in [-0.15, -0.1) is 0 Å². The van der Waals surface area contributed by atoms with Crippen molar-refractivity contribution in [2.45, 2.75) is 25.2 Å². The molecule has 0 amide bonds. The smallest absolute Gasteiger partial charge is 0.341 e. The van der Waals surface area contributed by atoms with E-state index in [2.05, 4.69) is 16.9 Å². The Balaban J connectivity index is 2.33. The van der Waals surface area contributed by atoms with Crippen LogP contribution in [0.15, 0.2) is 30.4 Å². The van der Waals surface area contributed by atoms with Crippen molar-refractivity contribution >= 4 is 5.97 Å². The van der Waals surface area contributed by atoms with Crippen LogP contribution in [-0.2, 0) is 4.74 Å². The molecule has 0 bridgehead atoms. The second-order valence-electron chi connectivity index (χ2n) is 4.23. The van der Waals surface area contributed by atoms with Gasteiger partial charge in [0, 0.05) is 5.92 Å². The van der Waals surface area contributed by atoms with Gasteiger partial charge >= 0.3 is 5.97 Å². The zero-order valence-electron chi connectivity index (χ0n) is 9.85. The highest BCUT2D eigenvalue weighted by Crippen LogP contribution is 2.30. The van der Waals surface area contributed by atoms with Crippen LogP contribution in [0, 0.1) is 0 Å². The number of phenols is 1. The first-order valence-corrected chi connectivity index (χ1v) is 5.80. The van der Waals surface area contributed by atoms with Crippen molar-refractivity contribution in [3.05, 3.63) is 41.5 Å². The summed E-state index contributed by atoms with van der Waals surface area (Å²) in [6, 6.07) is 5.15. The number of methoxy groups -OCH3 is 1. The molecule has 1 aromatic rings. The first-order valence-electron chi connectivity index (χ1n) is 5.80. The summed E-state index contributed by atoms with van der Waals surface area (Å²) < 4.78 is 4.64. The Labute approximate surface area is 101 Å². The zero-order valence-corrected chi connectivity index (χ0v) is 9.85. The van der Waals surface area contributed by atoms with Crippen LogP contribution in [0.25, 0.3) is 0 Å². The Bertz CT molecular complexity index is 449. The van der Waals surface area contributed by atoms with Crippen LogP contribution in [-0.4, -0.2) is 18.2 Å². The fraction of sp³-hybridized carbons (Fsp3) is 0.357. The molecule has 0 fully saturated rings. The van der Waals surface area contributed by atoms with E-state index in [-0.39, 0.29) is 11.3 Å². The normalized spacial score (nSPS) is 19.0. The van der Waals surface area contributed by atoms with Gasteiger partial charge in [0.15, 0.2) is 0 Å². The van der Waals surface area contributed by atoms with E-state index < -0.39 is 5.97 Å². The molecule has 3 nitrogen and oxygen atoms in total. The highest BCUT2D eigenvalue weighted by Gasteiger charge is 2.16. The summed E-state index contributed by atoms with van der Waals surface area (Å²) in [7, 11) is 1.31. The lowest BCUT2D eigenvalue weighted by Gasteiger charge is -2.17. The highest BCUT2D eigenvalue weighted by atomic mass is 16.5. The topological polar surface area (TPSA) is 46.5 Å². The van der Waals surface area contributed by atoms with E-state index in [0.29, 0.717) is 5.92 Å². The molecule has 1 N–H and O–H groups in total. The molecule has 0 saturated heterocycles. The summed E-state index contributed by atoms with van der Waals surface area (Å²) in [5.41, 5.74) is 1.29. The van der Waals surface area contributed by atoms with Gasteiger partial charge in [0.05, 0.1) is 7.11 Å². The van der Waals surface area contributed by atoms with Crippen molar-refractivity contribution < 1.29 is 14.6 Å². The molecule has 0 aromatic heterocycles. The Hall–Kier alpha value is -1.77. The molecule has 17 heavy (non-hydrogen) atoms. The van der Waals surface area contributed by atoms with Crippen LogP contribution in [0.4, 0.5) is 0 Å². The van der Waals surface area contributed by atoms with Crippen LogP contribution in [0.1, 0.15) is 41.1 Å². The Morgan fingerprint density at radius 2 is 2.29 bits per heavy atom. The quantitative estimate of drug-likeness (QED) is 0.629. The number of rotatable bonds is 2. The predicted octanol–water partition coefficient (Wildman–Crippen LogP) is 3.00. The summed E-state index contributed by atoms with van der Waals surface area (Å²) in [5.74, 6) is -0.183. The minimum absolute atomic E-state index is 0.0274. The third-order valence-electron chi connectivity index (χ3n) is 3.11. The average molecular weight is 232 g/mol. The summed E-state index contributed by atoms with van der Waals surface area (Å²) in [4.78, 5) is 11.5. The van der Waals surface area contributed by atoms with Crippen molar-refractivity contribution in [1.29, 1.82) is 0 Å². The molecule has 1 aliphatic carbocycles. The van der Waals surface area contributed by atoms with Gasteiger partial charge in [0.1, 0.15) is 11.3 Å². The van der Waals surface area contributed by atoms with Crippen LogP contribution in [0.5, 0.6) is 5.75 Å². The maximum atomic E-state index is 11.5. The van der Waals surface area contributed by atoms with Crippen LogP contribution in [0.3, 0.4) is 0 Å². The number of benzene rings is 1. The Morgan fingerprint density at radius 1 is 1.47 bits per heavy atom. The molecular formula is C14H16O3. The molecule has 2 rings (SSSR count). The Morgan fingerprint density at radius 3 is 2.94 bits per heavy atom. The van der Waals surface area contributed by atoms with Crippen molar-refractivity contribution in [3.63, 3.8) is 0 Å². The molecule has 1 aliphatic rings. The van der Waals surface area contributed by atoms with E-state index in [1.807, 2.05) is 6.07 Å². The monoisotopic (exact) mass is 232 g/mol. The van der Waals surface area contributed by atoms with Gasteiger partial charge in [0.25, 0.3) is 0 Å². The lowest BCUT2D eigenvalue weighted by molar-refractivity contribution is 0.0597. The fourth-order valence-corrected chi connectivity index (χ4v) is 2.15.